The summed E-state index contributed by atoms with van der Waals surface area (Å²) in [6.07, 6.45) is 0. The minimum Gasteiger partial charge on any atom is -0.455 e. The van der Waals surface area contributed by atoms with Crippen molar-refractivity contribution < 1.29 is 21.0 Å². The molecule has 0 aromatic heterocycles. The summed E-state index contributed by atoms with van der Waals surface area (Å²) in [5.41, 5.74) is 1.40. The average molecular weight is 421 g/mol. The summed E-state index contributed by atoms with van der Waals surface area (Å²) in [7, 11) is -10.7. The van der Waals surface area contributed by atoms with Gasteiger partial charge in [0.15, 0.2) is 36.3 Å². The predicted molar refractivity (Wildman–Crippen MR) is 107 cm³/mol. The first-order valence-corrected chi connectivity index (χ1v) is 18.3. The lowest BCUT2D eigenvalue weighted by molar-refractivity contribution is 0.538. The van der Waals surface area contributed by atoms with E-state index in [0.29, 0.717) is 23.2 Å². The number of benzene rings is 1. The van der Waals surface area contributed by atoms with Crippen LogP contribution in [0.2, 0.25) is 38.3 Å². The second kappa shape index (κ2) is 7.26. The van der Waals surface area contributed by atoms with Gasteiger partial charge in [0.1, 0.15) is 0 Å². The van der Waals surface area contributed by atoms with Crippen LogP contribution < -0.4 is 0 Å². The molecule has 0 radical (unpaired) electrons. The molecule has 0 unspecified atom stereocenters. The van der Waals surface area contributed by atoms with Crippen LogP contribution in [0.3, 0.4) is 0 Å². The van der Waals surface area contributed by atoms with Crippen molar-refractivity contribution in [2.75, 3.05) is 11.5 Å². The van der Waals surface area contributed by atoms with E-state index in [0.717, 1.165) is 0 Å². The third-order valence-electron chi connectivity index (χ3n) is 4.38. The van der Waals surface area contributed by atoms with Crippen molar-refractivity contribution in [3.05, 3.63) is 35.4 Å². The molecule has 3 rings (SSSR count). The zero-order valence-corrected chi connectivity index (χ0v) is 19.0. The Kier molecular flexibility index (Phi) is 6.05. The largest absolute Gasteiger partial charge is 0.455 e. The van der Waals surface area contributed by atoms with Crippen molar-refractivity contribution in [2.45, 2.75) is 49.8 Å². The Labute approximate surface area is 153 Å². The summed E-state index contributed by atoms with van der Waals surface area (Å²) >= 11 is 0. The highest BCUT2D eigenvalue weighted by Gasteiger charge is 2.35. The van der Waals surface area contributed by atoms with Crippen LogP contribution in [0, 0.1) is 0 Å². The van der Waals surface area contributed by atoms with Gasteiger partial charge >= 0.3 is 0 Å². The fraction of sp³-hybridized carbons (Fsp3) is 0.625. The molecule has 0 N–H and O–H groups in total. The van der Waals surface area contributed by atoms with Crippen molar-refractivity contribution >= 4 is 36.3 Å². The summed E-state index contributed by atoms with van der Waals surface area (Å²) < 4.78 is 56.1. The summed E-state index contributed by atoms with van der Waals surface area (Å²) in [5, 5.41) is 0. The Balaban J connectivity index is 2.35. The highest BCUT2D eigenvalue weighted by molar-refractivity contribution is 7.91. The highest BCUT2D eigenvalue weighted by Crippen LogP contribution is 2.24. The molecule has 2 aliphatic rings. The van der Waals surface area contributed by atoms with Gasteiger partial charge in [-0.3, -0.25) is 0 Å². The summed E-state index contributed by atoms with van der Waals surface area (Å²) in [5.74, 6) is 0.226. The van der Waals surface area contributed by atoms with Gasteiger partial charge < -0.3 is 4.12 Å². The molecule has 0 saturated carbocycles. The molecule has 2 bridgehead atoms. The average Bonchev–Trinajstić information content (AvgIpc) is 2.44. The van der Waals surface area contributed by atoms with Gasteiger partial charge in [-0.2, -0.15) is 0 Å². The van der Waals surface area contributed by atoms with Crippen LogP contribution >= 0.6 is 0 Å². The maximum absolute atomic E-state index is 12.4. The maximum atomic E-state index is 12.4. The third-order valence-corrected chi connectivity index (χ3v) is 15.6. The van der Waals surface area contributed by atoms with Crippen molar-refractivity contribution in [1.29, 1.82) is 0 Å². The second-order valence-electron chi connectivity index (χ2n) is 8.12. The molecule has 1 aromatic rings. The van der Waals surface area contributed by atoms with Crippen LogP contribution in [0.5, 0.6) is 0 Å². The lowest BCUT2D eigenvalue weighted by Gasteiger charge is -2.34. The Morgan fingerprint density at radius 1 is 0.720 bits per heavy atom. The van der Waals surface area contributed by atoms with E-state index in [1.807, 2.05) is 26.2 Å². The van der Waals surface area contributed by atoms with Gasteiger partial charge in [-0.1, -0.05) is 24.3 Å². The number of hydrogen-bond donors (Lipinski definition) is 0. The minimum absolute atomic E-state index is 0.00860. The molecule has 9 heteroatoms. The zero-order chi connectivity index (χ0) is 18.9. The fourth-order valence-electron chi connectivity index (χ4n) is 3.04. The fourth-order valence-corrected chi connectivity index (χ4v) is 17.9. The van der Waals surface area contributed by atoms with Crippen LogP contribution in [0.1, 0.15) is 11.1 Å². The topological polar surface area (TPSA) is 77.5 Å². The molecule has 0 spiro atoms. The molecule has 0 fully saturated rings. The molecule has 0 saturated heterocycles. The number of hydrogen-bond acceptors (Lipinski definition) is 5. The normalized spacial score (nSPS) is 25.6. The van der Waals surface area contributed by atoms with E-state index in [-0.39, 0.29) is 23.0 Å². The van der Waals surface area contributed by atoms with Crippen molar-refractivity contribution in [1.82, 2.24) is 0 Å². The number of sulfone groups is 2. The van der Waals surface area contributed by atoms with Crippen molar-refractivity contribution in [3.63, 3.8) is 0 Å². The number of fused-ring (bicyclic) bond motifs is 12. The molecule has 0 amide bonds. The van der Waals surface area contributed by atoms with Gasteiger partial charge in [-0.05, 0) is 49.4 Å². The van der Waals surface area contributed by atoms with E-state index in [2.05, 4.69) is 0 Å². The molecule has 0 aliphatic carbocycles. The van der Waals surface area contributed by atoms with Crippen LogP contribution in [0.25, 0.3) is 0 Å². The Morgan fingerprint density at radius 2 is 1.04 bits per heavy atom. The van der Waals surface area contributed by atoms with Crippen molar-refractivity contribution in [3.8, 4) is 0 Å². The predicted octanol–water partition coefficient (Wildman–Crippen LogP) is 2.96. The van der Waals surface area contributed by atoms with Crippen molar-refractivity contribution in [2.24, 2.45) is 0 Å². The Hall–Kier alpha value is -0.486. The monoisotopic (exact) mass is 420 g/mol. The lowest BCUT2D eigenvalue weighted by Crippen LogP contribution is -2.46. The molecule has 2 aliphatic heterocycles. The van der Waals surface area contributed by atoms with Gasteiger partial charge in [-0.15, -0.1) is 0 Å². The second-order valence-corrected chi connectivity index (χ2v) is 21.3. The zero-order valence-electron chi connectivity index (χ0n) is 15.4. The standard InChI is InChI=1S/C16H28O5S2Si2/c1-24(2)11-9-22(17,18)13-15-5-7-16(8-6-15)14-23(19,20)10-12-25(3,4)21-24/h5-8H,9-14H2,1-4H3. The minimum atomic E-state index is -3.21. The molecule has 5 nitrogen and oxygen atoms in total. The molecule has 0 atom stereocenters. The van der Waals surface area contributed by atoms with Crippen LogP contribution in [-0.2, 0) is 35.3 Å². The summed E-state index contributed by atoms with van der Waals surface area (Å²) in [6.45, 7) is 8.10. The Morgan fingerprint density at radius 3 is 1.36 bits per heavy atom. The quantitative estimate of drug-likeness (QED) is 0.603. The van der Waals surface area contributed by atoms with Gasteiger partial charge in [0.25, 0.3) is 0 Å². The SMILES string of the molecule is C[Si]1(C)CCS(=O)(=O)Cc2ccc(cc2)CS(=O)(=O)CC[Si](C)(C)O1. The number of rotatable bonds is 0. The van der Waals surface area contributed by atoms with Gasteiger partial charge in [0.2, 0.25) is 0 Å². The molecule has 2 heterocycles. The summed E-state index contributed by atoms with van der Waals surface area (Å²) in [6, 6.07) is 7.96. The van der Waals surface area contributed by atoms with Crippen LogP contribution in [-0.4, -0.2) is 45.0 Å². The first-order chi connectivity index (χ1) is 11.3. The van der Waals surface area contributed by atoms with E-state index < -0.39 is 36.3 Å². The van der Waals surface area contributed by atoms with E-state index >= 15 is 0 Å². The first kappa shape index (κ1) is 20.8. The Bertz CT molecular complexity index is 744. The van der Waals surface area contributed by atoms with E-state index in [4.69, 9.17) is 4.12 Å². The highest BCUT2D eigenvalue weighted by atomic mass is 32.2. The summed E-state index contributed by atoms with van der Waals surface area (Å²) in [4.78, 5) is 0. The molecular weight excluding hydrogens is 392 g/mol. The molecule has 25 heavy (non-hydrogen) atoms. The van der Waals surface area contributed by atoms with E-state index in [9.17, 15) is 16.8 Å². The van der Waals surface area contributed by atoms with E-state index in [1.54, 1.807) is 24.3 Å². The molecular formula is C16H28O5S2Si2. The molecule has 1 aromatic carbocycles. The van der Waals surface area contributed by atoms with E-state index in [1.165, 1.54) is 0 Å². The van der Waals surface area contributed by atoms with Crippen LogP contribution in [0.4, 0.5) is 0 Å². The lowest BCUT2D eigenvalue weighted by atomic mass is 10.2. The van der Waals surface area contributed by atoms with Gasteiger partial charge in [-0.25, -0.2) is 16.8 Å². The van der Waals surface area contributed by atoms with Gasteiger partial charge in [0, 0.05) is 0 Å². The third kappa shape index (κ3) is 6.97. The molecule has 142 valence electrons. The maximum Gasteiger partial charge on any atom is 0.174 e. The first-order valence-electron chi connectivity index (χ1n) is 8.47. The smallest absolute Gasteiger partial charge is 0.174 e. The van der Waals surface area contributed by atoms with Crippen LogP contribution in [0.15, 0.2) is 24.3 Å². The van der Waals surface area contributed by atoms with Gasteiger partial charge in [0.05, 0.1) is 23.0 Å².